The minimum atomic E-state index is -0.415. The van der Waals surface area contributed by atoms with Crippen molar-refractivity contribution < 1.29 is 4.92 Å². The molecule has 2 aromatic rings. The maximum Gasteiger partial charge on any atom is 0.275 e. The van der Waals surface area contributed by atoms with Crippen molar-refractivity contribution in [2.45, 2.75) is 6.54 Å². The molecule has 0 aliphatic carbocycles. The molecule has 0 aliphatic heterocycles. The molecule has 1 N–H and O–H groups in total. The van der Waals surface area contributed by atoms with E-state index in [2.05, 4.69) is 21.2 Å². The van der Waals surface area contributed by atoms with Gasteiger partial charge in [0.05, 0.1) is 20.7 Å². The molecule has 0 unspecified atom stereocenters. The van der Waals surface area contributed by atoms with Crippen molar-refractivity contribution in [1.82, 2.24) is 0 Å². The van der Waals surface area contributed by atoms with Gasteiger partial charge in [0.15, 0.2) is 0 Å². The van der Waals surface area contributed by atoms with Crippen LogP contribution < -0.4 is 5.32 Å². The number of halogens is 3. The van der Waals surface area contributed by atoms with E-state index in [9.17, 15) is 10.1 Å². The highest BCUT2D eigenvalue weighted by atomic mass is 79.9. The minimum absolute atomic E-state index is 0.0463. The van der Waals surface area contributed by atoms with Gasteiger partial charge in [-0.3, -0.25) is 10.1 Å². The van der Waals surface area contributed by atoms with Crippen molar-refractivity contribution in [2.24, 2.45) is 0 Å². The van der Waals surface area contributed by atoms with Crippen LogP contribution in [0.4, 0.5) is 11.4 Å². The Kier molecular flexibility index (Phi) is 4.86. The van der Waals surface area contributed by atoms with Crippen molar-refractivity contribution in [3.8, 4) is 0 Å². The third-order valence-electron chi connectivity index (χ3n) is 2.66. The topological polar surface area (TPSA) is 55.2 Å². The molecule has 0 atom stereocenters. The van der Waals surface area contributed by atoms with Gasteiger partial charge in [-0.05, 0) is 24.3 Å². The average Bonchev–Trinajstić information content (AvgIpc) is 2.41. The van der Waals surface area contributed by atoms with Crippen LogP contribution in [-0.2, 0) is 6.54 Å². The molecule has 0 saturated carbocycles. The van der Waals surface area contributed by atoms with Crippen LogP contribution >= 0.6 is 39.1 Å². The number of nitrogens with zero attached hydrogens (tertiary/aromatic N) is 1. The maximum atomic E-state index is 11.0. The summed E-state index contributed by atoms with van der Waals surface area (Å²) in [5.74, 6) is 0. The first kappa shape index (κ1) is 15.1. The van der Waals surface area contributed by atoms with Crippen molar-refractivity contribution in [3.05, 3.63) is 66.6 Å². The van der Waals surface area contributed by atoms with Gasteiger partial charge in [0, 0.05) is 22.6 Å². The first-order valence-electron chi connectivity index (χ1n) is 5.59. The number of nitro benzene ring substituents is 1. The first-order valence-corrected chi connectivity index (χ1v) is 7.14. The van der Waals surface area contributed by atoms with Gasteiger partial charge in [0.25, 0.3) is 5.69 Å². The zero-order valence-electron chi connectivity index (χ0n) is 10.1. The van der Waals surface area contributed by atoms with Crippen molar-refractivity contribution in [1.29, 1.82) is 0 Å². The second-order valence-corrected chi connectivity index (χ2v) is 5.69. The third kappa shape index (κ3) is 3.42. The second kappa shape index (κ2) is 6.43. The van der Waals surface area contributed by atoms with Crippen molar-refractivity contribution in [3.63, 3.8) is 0 Å². The molecule has 2 aromatic carbocycles. The molecule has 0 aliphatic rings. The normalized spacial score (nSPS) is 10.3. The number of rotatable bonds is 4. The first-order chi connectivity index (χ1) is 9.49. The lowest BCUT2D eigenvalue weighted by atomic mass is 10.2. The van der Waals surface area contributed by atoms with Crippen molar-refractivity contribution in [2.75, 3.05) is 5.32 Å². The van der Waals surface area contributed by atoms with Gasteiger partial charge in [-0.25, -0.2) is 0 Å². The lowest BCUT2D eigenvalue weighted by molar-refractivity contribution is -0.385. The van der Waals surface area contributed by atoms with Crippen LogP contribution in [0, 0.1) is 10.1 Å². The van der Waals surface area contributed by atoms with E-state index in [0.29, 0.717) is 25.8 Å². The fourth-order valence-corrected chi connectivity index (χ4v) is 2.40. The minimum Gasteiger partial charge on any atom is -0.379 e. The number of hydrogen-bond acceptors (Lipinski definition) is 3. The highest BCUT2D eigenvalue weighted by Gasteiger charge is 2.14. The molecule has 4 nitrogen and oxygen atoms in total. The van der Waals surface area contributed by atoms with Gasteiger partial charge < -0.3 is 5.32 Å². The lowest BCUT2D eigenvalue weighted by Crippen LogP contribution is -2.03. The predicted molar refractivity (Wildman–Crippen MR) is 84.6 cm³/mol. The van der Waals surface area contributed by atoms with Crippen LogP contribution in [0.5, 0.6) is 0 Å². The van der Waals surface area contributed by atoms with E-state index in [0.717, 1.165) is 0 Å². The summed E-state index contributed by atoms with van der Waals surface area (Å²) in [7, 11) is 0. The fourth-order valence-electron chi connectivity index (χ4n) is 1.69. The number of nitro groups is 1. The molecule has 0 amide bonds. The van der Waals surface area contributed by atoms with Crippen molar-refractivity contribution >= 4 is 50.5 Å². The van der Waals surface area contributed by atoms with Gasteiger partial charge in [0.2, 0.25) is 0 Å². The molecule has 20 heavy (non-hydrogen) atoms. The summed E-state index contributed by atoms with van der Waals surface area (Å²) in [6, 6.07) is 10.1. The van der Waals surface area contributed by atoms with E-state index in [-0.39, 0.29) is 12.2 Å². The monoisotopic (exact) mass is 374 g/mol. The zero-order chi connectivity index (χ0) is 14.7. The molecule has 2 rings (SSSR count). The van der Waals surface area contributed by atoms with Gasteiger partial charge in [0.1, 0.15) is 0 Å². The number of anilines is 1. The Morgan fingerprint density at radius 2 is 2.00 bits per heavy atom. The molecule has 0 saturated heterocycles. The lowest BCUT2D eigenvalue weighted by Gasteiger charge is -2.10. The zero-order valence-corrected chi connectivity index (χ0v) is 13.2. The Morgan fingerprint density at radius 3 is 2.70 bits per heavy atom. The molecule has 0 aromatic heterocycles. The summed E-state index contributed by atoms with van der Waals surface area (Å²) in [6.45, 7) is 0.281. The van der Waals surface area contributed by atoms with Crippen LogP contribution in [0.2, 0.25) is 10.0 Å². The third-order valence-corrected chi connectivity index (χ3v) is 3.98. The fraction of sp³-hybridized carbons (Fsp3) is 0.0769. The summed E-state index contributed by atoms with van der Waals surface area (Å²) in [4.78, 5) is 10.6. The number of hydrogen-bond donors (Lipinski definition) is 1. The molecule has 0 spiro atoms. The van der Waals surface area contributed by atoms with Crippen LogP contribution in [0.25, 0.3) is 0 Å². The van der Waals surface area contributed by atoms with Crippen LogP contribution in [0.3, 0.4) is 0 Å². The Balaban J connectivity index is 2.23. The Morgan fingerprint density at radius 1 is 1.25 bits per heavy atom. The van der Waals surface area contributed by atoms with E-state index < -0.39 is 4.92 Å². The Bertz CT molecular complexity index is 665. The van der Waals surface area contributed by atoms with E-state index in [1.807, 2.05) is 0 Å². The highest BCUT2D eigenvalue weighted by Crippen LogP contribution is 2.31. The SMILES string of the molecule is O=[N+]([O-])c1cc(Br)ccc1CNc1cccc(Cl)c1Cl. The smallest absolute Gasteiger partial charge is 0.275 e. The molecule has 7 heteroatoms. The van der Waals surface area contributed by atoms with Crippen LogP contribution in [0.15, 0.2) is 40.9 Å². The molecule has 0 radical (unpaired) electrons. The molecule has 0 heterocycles. The summed E-state index contributed by atoms with van der Waals surface area (Å²) in [5, 5.41) is 14.9. The largest absolute Gasteiger partial charge is 0.379 e. The quantitative estimate of drug-likeness (QED) is 0.584. The van der Waals surface area contributed by atoms with Gasteiger partial charge in [-0.1, -0.05) is 45.2 Å². The molecule has 104 valence electrons. The predicted octanol–water partition coefficient (Wildman–Crippen LogP) is 5.28. The van der Waals surface area contributed by atoms with E-state index >= 15 is 0 Å². The number of nitrogens with one attached hydrogen (secondary N) is 1. The van der Waals surface area contributed by atoms with E-state index in [1.165, 1.54) is 6.07 Å². The summed E-state index contributed by atoms with van der Waals surface area (Å²) < 4.78 is 0.661. The summed E-state index contributed by atoms with van der Waals surface area (Å²) in [5.41, 5.74) is 1.25. The van der Waals surface area contributed by atoms with E-state index in [1.54, 1.807) is 30.3 Å². The van der Waals surface area contributed by atoms with Crippen LogP contribution in [-0.4, -0.2) is 4.92 Å². The second-order valence-electron chi connectivity index (χ2n) is 3.99. The van der Waals surface area contributed by atoms with Gasteiger partial charge >= 0.3 is 0 Å². The summed E-state index contributed by atoms with van der Waals surface area (Å²) in [6.07, 6.45) is 0. The van der Waals surface area contributed by atoms with Gasteiger partial charge in [-0.15, -0.1) is 0 Å². The summed E-state index contributed by atoms with van der Waals surface area (Å²) >= 11 is 15.2. The molecular weight excluding hydrogens is 367 g/mol. The van der Waals surface area contributed by atoms with E-state index in [4.69, 9.17) is 23.2 Å². The average molecular weight is 376 g/mol. The Hall–Kier alpha value is -1.30. The van der Waals surface area contributed by atoms with Crippen LogP contribution in [0.1, 0.15) is 5.56 Å². The standard InChI is InChI=1S/C13H9BrCl2N2O2/c14-9-5-4-8(12(6-9)18(19)20)7-17-11-3-1-2-10(15)13(11)16/h1-6,17H,7H2. The van der Waals surface area contributed by atoms with Gasteiger partial charge in [-0.2, -0.15) is 0 Å². The molecule has 0 bridgehead atoms. The molecule has 0 fully saturated rings. The number of benzene rings is 2. The molecular formula is C13H9BrCl2N2O2. The highest BCUT2D eigenvalue weighted by molar-refractivity contribution is 9.10. The maximum absolute atomic E-state index is 11.0. The Labute approximate surface area is 134 Å².